The van der Waals surface area contributed by atoms with Crippen LogP contribution in [-0.2, 0) is 9.53 Å². The Morgan fingerprint density at radius 3 is 2.61 bits per heavy atom. The van der Waals surface area contributed by atoms with E-state index in [9.17, 15) is 9.90 Å². The highest BCUT2D eigenvalue weighted by Crippen LogP contribution is 2.38. The molecule has 4 nitrogen and oxygen atoms in total. The fourth-order valence-electron chi connectivity index (χ4n) is 2.25. The second-order valence-corrected chi connectivity index (χ2v) is 5.55. The summed E-state index contributed by atoms with van der Waals surface area (Å²) in [7, 11) is 0. The van der Waals surface area contributed by atoms with E-state index in [2.05, 4.69) is 13.8 Å². The zero-order valence-corrected chi connectivity index (χ0v) is 11.7. The summed E-state index contributed by atoms with van der Waals surface area (Å²) < 4.78 is 5.61. The number of hydrogen-bond donors (Lipinski definition) is 2. The second-order valence-electron chi connectivity index (χ2n) is 5.55. The lowest BCUT2D eigenvalue weighted by molar-refractivity contribution is -0.147. The highest BCUT2D eigenvalue weighted by atomic mass is 16.5. The van der Waals surface area contributed by atoms with Gasteiger partial charge in [0.2, 0.25) is 0 Å². The fraction of sp³-hybridized carbons (Fsp3) is 0.929. The van der Waals surface area contributed by atoms with E-state index in [1.54, 1.807) is 0 Å². The van der Waals surface area contributed by atoms with Gasteiger partial charge < -0.3 is 15.6 Å². The molecule has 4 heteroatoms. The molecule has 0 aliphatic heterocycles. The molecule has 18 heavy (non-hydrogen) atoms. The summed E-state index contributed by atoms with van der Waals surface area (Å²) in [6.45, 7) is 5.11. The molecule has 0 bridgehead atoms. The maximum atomic E-state index is 11.2. The number of nitrogens with two attached hydrogens (primary N) is 1. The van der Waals surface area contributed by atoms with Crippen LogP contribution in [0.2, 0.25) is 0 Å². The van der Waals surface area contributed by atoms with Gasteiger partial charge in [-0.2, -0.15) is 0 Å². The molecule has 0 saturated heterocycles. The number of hydrogen-bond acceptors (Lipinski definition) is 3. The summed E-state index contributed by atoms with van der Waals surface area (Å²) in [4.78, 5) is 11.2. The van der Waals surface area contributed by atoms with Crippen molar-refractivity contribution in [2.24, 2.45) is 17.6 Å². The van der Waals surface area contributed by atoms with Crippen LogP contribution < -0.4 is 5.73 Å². The van der Waals surface area contributed by atoms with Gasteiger partial charge in [0.1, 0.15) is 5.54 Å². The number of unbranched alkanes of at least 4 members (excludes halogenated alkanes) is 1. The Kier molecular flexibility index (Phi) is 6.09. The first-order valence-electron chi connectivity index (χ1n) is 7.14. The number of carbonyl (C=O) groups is 1. The first-order chi connectivity index (χ1) is 8.54. The van der Waals surface area contributed by atoms with Crippen molar-refractivity contribution in [2.45, 2.75) is 57.9 Å². The van der Waals surface area contributed by atoms with Gasteiger partial charge in [0, 0.05) is 6.61 Å². The van der Waals surface area contributed by atoms with E-state index in [1.807, 2.05) is 0 Å². The maximum absolute atomic E-state index is 11.2. The van der Waals surface area contributed by atoms with E-state index in [0.29, 0.717) is 12.5 Å². The number of aliphatic carboxylic acids is 1. The smallest absolute Gasteiger partial charge is 0.326 e. The third-order valence-electron chi connectivity index (χ3n) is 3.94. The Labute approximate surface area is 110 Å². The minimum Gasteiger partial charge on any atom is -0.480 e. The third-order valence-corrected chi connectivity index (χ3v) is 3.94. The second kappa shape index (κ2) is 7.10. The number of carboxylic acids is 1. The molecule has 3 N–H and O–H groups in total. The molecule has 0 aromatic rings. The molecule has 0 amide bonds. The van der Waals surface area contributed by atoms with Crippen molar-refractivity contribution in [3.05, 3.63) is 0 Å². The van der Waals surface area contributed by atoms with Crippen molar-refractivity contribution >= 4 is 5.97 Å². The number of ether oxygens (including phenoxy) is 1. The van der Waals surface area contributed by atoms with Crippen LogP contribution in [-0.4, -0.2) is 29.8 Å². The molecule has 2 atom stereocenters. The SMILES string of the molecule is CCCCC(CC)COCC(N)(C(=O)O)C1CC1. The van der Waals surface area contributed by atoms with Gasteiger partial charge >= 0.3 is 5.97 Å². The van der Waals surface area contributed by atoms with Crippen LogP contribution in [0.4, 0.5) is 0 Å². The molecule has 106 valence electrons. The summed E-state index contributed by atoms with van der Waals surface area (Å²) >= 11 is 0. The quantitative estimate of drug-likeness (QED) is 0.630. The van der Waals surface area contributed by atoms with Crippen molar-refractivity contribution in [1.82, 2.24) is 0 Å². The average molecular weight is 257 g/mol. The highest BCUT2D eigenvalue weighted by molar-refractivity contribution is 5.79. The van der Waals surface area contributed by atoms with Crippen LogP contribution in [0.1, 0.15) is 52.4 Å². The molecule has 2 unspecified atom stereocenters. The molecule has 1 aliphatic carbocycles. The Bertz CT molecular complexity index is 266. The van der Waals surface area contributed by atoms with E-state index in [0.717, 1.165) is 25.7 Å². The Morgan fingerprint density at radius 1 is 1.50 bits per heavy atom. The summed E-state index contributed by atoms with van der Waals surface area (Å²) in [6, 6.07) is 0. The van der Waals surface area contributed by atoms with Crippen LogP contribution in [0.15, 0.2) is 0 Å². The Morgan fingerprint density at radius 2 is 2.17 bits per heavy atom. The zero-order chi connectivity index (χ0) is 13.6. The van der Waals surface area contributed by atoms with Gasteiger partial charge in [-0.3, -0.25) is 4.79 Å². The first kappa shape index (κ1) is 15.4. The fourth-order valence-corrected chi connectivity index (χ4v) is 2.25. The Balaban J connectivity index is 2.31. The number of rotatable bonds is 10. The molecule has 1 aliphatic rings. The van der Waals surface area contributed by atoms with Crippen molar-refractivity contribution in [3.8, 4) is 0 Å². The van der Waals surface area contributed by atoms with Crippen LogP contribution in [0.25, 0.3) is 0 Å². The standard InChI is InChI=1S/C14H27NO3/c1-3-5-6-11(4-2)9-18-10-14(15,13(16)17)12-7-8-12/h11-12H,3-10,15H2,1-2H3,(H,16,17). The van der Waals surface area contributed by atoms with Crippen LogP contribution in [0, 0.1) is 11.8 Å². The molecule has 1 fully saturated rings. The van der Waals surface area contributed by atoms with Gasteiger partial charge in [0.15, 0.2) is 0 Å². The lowest BCUT2D eigenvalue weighted by atomic mass is 9.95. The van der Waals surface area contributed by atoms with Crippen LogP contribution in [0.5, 0.6) is 0 Å². The molecule has 0 radical (unpaired) electrons. The van der Waals surface area contributed by atoms with E-state index in [4.69, 9.17) is 10.5 Å². The van der Waals surface area contributed by atoms with E-state index in [1.165, 1.54) is 12.8 Å². The lowest BCUT2D eigenvalue weighted by Crippen LogP contribution is -2.54. The molecule has 0 aromatic carbocycles. The maximum Gasteiger partial charge on any atom is 0.326 e. The number of carboxylic acid groups (broad SMARTS) is 1. The largest absolute Gasteiger partial charge is 0.480 e. The van der Waals surface area contributed by atoms with Crippen molar-refractivity contribution in [3.63, 3.8) is 0 Å². The predicted molar refractivity (Wildman–Crippen MR) is 71.4 cm³/mol. The van der Waals surface area contributed by atoms with Gasteiger partial charge in [0.25, 0.3) is 0 Å². The molecule has 0 heterocycles. The average Bonchev–Trinajstić information content (AvgIpc) is 3.17. The summed E-state index contributed by atoms with van der Waals surface area (Å²) in [5, 5.41) is 9.20. The van der Waals surface area contributed by atoms with Gasteiger partial charge in [-0.15, -0.1) is 0 Å². The monoisotopic (exact) mass is 257 g/mol. The van der Waals surface area contributed by atoms with Crippen molar-refractivity contribution < 1.29 is 14.6 Å². The van der Waals surface area contributed by atoms with E-state index >= 15 is 0 Å². The van der Waals surface area contributed by atoms with Crippen LogP contribution >= 0.6 is 0 Å². The lowest BCUT2D eigenvalue weighted by Gasteiger charge is -2.25. The van der Waals surface area contributed by atoms with Crippen molar-refractivity contribution in [1.29, 1.82) is 0 Å². The normalized spacial score (nSPS) is 20.4. The van der Waals surface area contributed by atoms with E-state index in [-0.39, 0.29) is 12.5 Å². The summed E-state index contributed by atoms with van der Waals surface area (Å²) in [5.41, 5.74) is 4.79. The minimum atomic E-state index is -1.16. The molecule has 0 aromatic heterocycles. The molecule has 0 spiro atoms. The molecule has 1 saturated carbocycles. The summed E-state index contributed by atoms with van der Waals surface area (Å²) in [5.74, 6) is -0.292. The van der Waals surface area contributed by atoms with Gasteiger partial charge in [-0.05, 0) is 31.1 Å². The van der Waals surface area contributed by atoms with Crippen molar-refractivity contribution in [2.75, 3.05) is 13.2 Å². The van der Waals surface area contributed by atoms with E-state index < -0.39 is 11.5 Å². The zero-order valence-electron chi connectivity index (χ0n) is 11.7. The molecule has 1 rings (SSSR count). The van der Waals surface area contributed by atoms with Gasteiger partial charge in [-0.1, -0.05) is 33.1 Å². The van der Waals surface area contributed by atoms with Crippen LogP contribution in [0.3, 0.4) is 0 Å². The topological polar surface area (TPSA) is 72.5 Å². The van der Waals surface area contributed by atoms with Gasteiger partial charge in [-0.25, -0.2) is 0 Å². The third kappa shape index (κ3) is 4.25. The Hall–Kier alpha value is -0.610. The molecular weight excluding hydrogens is 230 g/mol. The predicted octanol–water partition coefficient (Wildman–Crippen LogP) is 2.41. The highest BCUT2D eigenvalue weighted by Gasteiger charge is 2.48. The first-order valence-corrected chi connectivity index (χ1v) is 7.14. The summed E-state index contributed by atoms with van der Waals surface area (Å²) in [6.07, 6.45) is 6.46. The minimum absolute atomic E-state index is 0.103. The molecular formula is C14H27NO3. The van der Waals surface area contributed by atoms with Gasteiger partial charge in [0.05, 0.1) is 6.61 Å².